The summed E-state index contributed by atoms with van der Waals surface area (Å²) in [6.07, 6.45) is 1.18. The first-order valence-corrected chi connectivity index (χ1v) is 8.95. The molecular weight excluding hydrogens is 453 g/mol. The summed E-state index contributed by atoms with van der Waals surface area (Å²) in [7, 11) is 1.82. The minimum absolute atomic E-state index is 0. The molecule has 25 heavy (non-hydrogen) atoms. The number of ether oxygens (including phenoxy) is 2. The molecule has 1 aliphatic heterocycles. The summed E-state index contributed by atoms with van der Waals surface area (Å²) >= 11 is 5.89. The van der Waals surface area contributed by atoms with Crippen LogP contribution in [0.25, 0.3) is 0 Å². The monoisotopic (exact) mass is 481 g/mol. The van der Waals surface area contributed by atoms with E-state index in [1.54, 1.807) is 0 Å². The van der Waals surface area contributed by atoms with Gasteiger partial charge in [0.2, 0.25) is 0 Å². The Balaban J connectivity index is 0.00000312. The first-order chi connectivity index (χ1) is 11.6. The van der Waals surface area contributed by atoms with Crippen LogP contribution >= 0.6 is 35.6 Å². The molecule has 2 rings (SSSR count). The number of likely N-dealkylation sites (tertiary alicyclic amines) is 1. The SMILES string of the molecule is CCOCC1CCN(C(=NC)NCC(C)Oc2ccc(Cl)cc2)C1.I. The summed E-state index contributed by atoms with van der Waals surface area (Å²) in [5.74, 6) is 2.34. The molecule has 2 atom stereocenters. The first-order valence-electron chi connectivity index (χ1n) is 8.58. The van der Waals surface area contributed by atoms with Crippen LogP contribution < -0.4 is 10.1 Å². The molecule has 2 unspecified atom stereocenters. The van der Waals surface area contributed by atoms with Crippen molar-refractivity contribution < 1.29 is 9.47 Å². The lowest BCUT2D eigenvalue weighted by molar-refractivity contribution is 0.114. The van der Waals surface area contributed by atoms with Crippen LogP contribution in [0.15, 0.2) is 29.3 Å². The van der Waals surface area contributed by atoms with Gasteiger partial charge in [0.15, 0.2) is 5.96 Å². The van der Waals surface area contributed by atoms with Crippen LogP contribution in [0.2, 0.25) is 5.02 Å². The topological polar surface area (TPSA) is 46.1 Å². The highest BCUT2D eigenvalue weighted by Crippen LogP contribution is 2.18. The van der Waals surface area contributed by atoms with E-state index in [-0.39, 0.29) is 30.1 Å². The van der Waals surface area contributed by atoms with Crippen molar-refractivity contribution >= 4 is 41.5 Å². The second-order valence-corrected chi connectivity index (χ2v) is 6.51. The van der Waals surface area contributed by atoms with E-state index < -0.39 is 0 Å². The number of benzene rings is 1. The Morgan fingerprint density at radius 1 is 1.40 bits per heavy atom. The van der Waals surface area contributed by atoms with Gasteiger partial charge in [0.1, 0.15) is 11.9 Å². The van der Waals surface area contributed by atoms with Crippen molar-refractivity contribution in [2.45, 2.75) is 26.4 Å². The Hall–Kier alpha value is -0.730. The molecule has 5 nitrogen and oxygen atoms in total. The molecule has 1 aromatic rings. The fourth-order valence-electron chi connectivity index (χ4n) is 2.80. The van der Waals surface area contributed by atoms with Gasteiger partial charge in [-0.2, -0.15) is 0 Å². The molecule has 0 saturated carbocycles. The van der Waals surface area contributed by atoms with Gasteiger partial charge < -0.3 is 19.7 Å². The van der Waals surface area contributed by atoms with Gasteiger partial charge in [-0.25, -0.2) is 0 Å². The fraction of sp³-hybridized carbons (Fsp3) is 0.611. The van der Waals surface area contributed by atoms with Gasteiger partial charge in [-0.1, -0.05) is 11.6 Å². The molecule has 7 heteroatoms. The molecule has 142 valence electrons. The lowest BCUT2D eigenvalue weighted by Gasteiger charge is -2.23. The average Bonchev–Trinajstić information content (AvgIpc) is 3.04. The van der Waals surface area contributed by atoms with Gasteiger partial charge in [-0.05, 0) is 44.5 Å². The quantitative estimate of drug-likeness (QED) is 0.367. The number of hydrogen-bond donors (Lipinski definition) is 1. The van der Waals surface area contributed by atoms with Gasteiger partial charge in [-0.15, -0.1) is 24.0 Å². The van der Waals surface area contributed by atoms with Crippen LogP contribution in [-0.2, 0) is 4.74 Å². The fourth-order valence-corrected chi connectivity index (χ4v) is 2.93. The zero-order valence-electron chi connectivity index (χ0n) is 15.2. The normalized spacial score (nSPS) is 18.6. The number of nitrogens with zero attached hydrogens (tertiary/aromatic N) is 2. The van der Waals surface area contributed by atoms with E-state index in [0.717, 1.165) is 44.4 Å². The highest BCUT2D eigenvalue weighted by molar-refractivity contribution is 14.0. The van der Waals surface area contributed by atoms with E-state index in [1.807, 2.05) is 45.2 Å². The Kier molecular flexibility index (Phi) is 10.5. The third kappa shape index (κ3) is 7.58. The smallest absolute Gasteiger partial charge is 0.193 e. The minimum Gasteiger partial charge on any atom is -0.489 e. The van der Waals surface area contributed by atoms with Gasteiger partial charge >= 0.3 is 0 Å². The number of aliphatic imine (C=N–C) groups is 1. The standard InChI is InChI=1S/C18H28ClN3O2.HI/c1-4-23-13-15-9-10-22(12-15)18(20-3)21-11-14(2)24-17-7-5-16(19)6-8-17;/h5-8,14-15H,4,9-13H2,1-3H3,(H,20,21);1H. The summed E-state index contributed by atoms with van der Waals surface area (Å²) in [6.45, 7) is 8.40. The molecular formula is C18H29ClIN3O2. The molecule has 1 saturated heterocycles. The molecule has 0 spiro atoms. The van der Waals surface area contributed by atoms with E-state index in [9.17, 15) is 0 Å². The third-order valence-corrected chi connectivity index (χ3v) is 4.31. The van der Waals surface area contributed by atoms with Crippen molar-refractivity contribution in [3.8, 4) is 5.75 Å². The van der Waals surface area contributed by atoms with Crippen molar-refractivity contribution in [2.24, 2.45) is 10.9 Å². The molecule has 0 aliphatic carbocycles. The summed E-state index contributed by atoms with van der Waals surface area (Å²) in [5.41, 5.74) is 0. The number of guanidine groups is 1. The highest BCUT2D eigenvalue weighted by atomic mass is 127. The van der Waals surface area contributed by atoms with Crippen LogP contribution in [0.3, 0.4) is 0 Å². The maximum atomic E-state index is 5.89. The molecule has 0 amide bonds. The Morgan fingerprint density at radius 3 is 2.76 bits per heavy atom. The van der Waals surface area contributed by atoms with E-state index in [2.05, 4.69) is 15.2 Å². The van der Waals surface area contributed by atoms with E-state index in [0.29, 0.717) is 17.5 Å². The van der Waals surface area contributed by atoms with Crippen LogP contribution in [0.1, 0.15) is 20.3 Å². The van der Waals surface area contributed by atoms with Crippen LogP contribution in [0, 0.1) is 5.92 Å². The largest absolute Gasteiger partial charge is 0.489 e. The predicted molar refractivity (Wildman–Crippen MR) is 114 cm³/mol. The van der Waals surface area contributed by atoms with Gasteiger partial charge in [-0.3, -0.25) is 4.99 Å². The number of halogens is 2. The zero-order chi connectivity index (χ0) is 17.4. The first kappa shape index (κ1) is 22.3. The predicted octanol–water partition coefficient (Wildman–Crippen LogP) is 3.66. The van der Waals surface area contributed by atoms with E-state index in [1.165, 1.54) is 0 Å². The van der Waals surface area contributed by atoms with Crippen molar-refractivity contribution in [2.75, 3.05) is 39.9 Å². The summed E-state index contributed by atoms with van der Waals surface area (Å²) in [4.78, 5) is 6.68. The van der Waals surface area contributed by atoms with Crippen molar-refractivity contribution in [3.05, 3.63) is 29.3 Å². The summed E-state index contributed by atoms with van der Waals surface area (Å²) < 4.78 is 11.4. The molecule has 1 fully saturated rings. The Bertz CT molecular complexity index is 528. The van der Waals surface area contributed by atoms with Crippen molar-refractivity contribution in [3.63, 3.8) is 0 Å². The van der Waals surface area contributed by atoms with Crippen molar-refractivity contribution in [1.29, 1.82) is 0 Å². The minimum atomic E-state index is 0. The molecule has 1 aliphatic rings. The summed E-state index contributed by atoms with van der Waals surface area (Å²) in [6, 6.07) is 7.43. The van der Waals surface area contributed by atoms with Crippen LogP contribution in [-0.4, -0.2) is 56.9 Å². The van der Waals surface area contributed by atoms with Gasteiger partial charge in [0, 0.05) is 37.7 Å². The van der Waals surface area contributed by atoms with Gasteiger partial charge in [0.05, 0.1) is 13.2 Å². The lowest BCUT2D eigenvalue weighted by atomic mass is 10.1. The Morgan fingerprint density at radius 2 is 2.12 bits per heavy atom. The maximum Gasteiger partial charge on any atom is 0.193 e. The number of hydrogen-bond acceptors (Lipinski definition) is 3. The number of rotatable bonds is 7. The van der Waals surface area contributed by atoms with E-state index >= 15 is 0 Å². The second kappa shape index (κ2) is 11.8. The van der Waals surface area contributed by atoms with Crippen LogP contribution in [0.5, 0.6) is 5.75 Å². The summed E-state index contributed by atoms with van der Waals surface area (Å²) in [5, 5.41) is 4.12. The number of nitrogens with one attached hydrogen (secondary N) is 1. The lowest BCUT2D eigenvalue weighted by Crippen LogP contribution is -2.43. The second-order valence-electron chi connectivity index (χ2n) is 6.07. The zero-order valence-corrected chi connectivity index (χ0v) is 18.3. The molecule has 0 bridgehead atoms. The molecule has 1 aromatic carbocycles. The third-order valence-electron chi connectivity index (χ3n) is 4.05. The van der Waals surface area contributed by atoms with Crippen molar-refractivity contribution in [1.82, 2.24) is 10.2 Å². The maximum absolute atomic E-state index is 5.89. The molecule has 0 aromatic heterocycles. The van der Waals surface area contributed by atoms with E-state index in [4.69, 9.17) is 21.1 Å². The molecule has 1 heterocycles. The highest BCUT2D eigenvalue weighted by Gasteiger charge is 2.25. The Labute approximate surface area is 173 Å². The molecule has 1 N–H and O–H groups in total. The average molecular weight is 482 g/mol. The van der Waals surface area contributed by atoms with Gasteiger partial charge in [0.25, 0.3) is 0 Å². The van der Waals surface area contributed by atoms with Crippen LogP contribution in [0.4, 0.5) is 0 Å². The molecule has 0 radical (unpaired) electrons.